The van der Waals surface area contributed by atoms with E-state index in [0.717, 1.165) is 47.4 Å². The summed E-state index contributed by atoms with van der Waals surface area (Å²) in [4.78, 5) is 11.4. The molecule has 0 amide bonds. The number of sulfone groups is 1. The molecule has 1 aromatic heterocycles. The number of oxazole rings is 1. The number of rotatable bonds is 3. The summed E-state index contributed by atoms with van der Waals surface area (Å²) in [7, 11) is -3.76. The zero-order chi connectivity index (χ0) is 18.4. The van der Waals surface area contributed by atoms with Crippen molar-refractivity contribution in [1.82, 2.24) is 4.57 Å². The predicted octanol–water partition coefficient (Wildman–Crippen LogP) is 2.92. The second-order valence-electron chi connectivity index (χ2n) is 5.24. The van der Waals surface area contributed by atoms with E-state index >= 15 is 0 Å². The molecule has 3 aromatic rings. The molecule has 0 atom stereocenters. The molecule has 25 heavy (non-hydrogen) atoms. The van der Waals surface area contributed by atoms with Crippen molar-refractivity contribution in [2.75, 3.05) is 6.26 Å². The van der Waals surface area contributed by atoms with E-state index in [1.54, 1.807) is 0 Å². The zero-order valence-corrected chi connectivity index (χ0v) is 13.5. The molecule has 9 heteroatoms. The molecule has 0 fully saturated rings. The van der Waals surface area contributed by atoms with Gasteiger partial charge in [0.25, 0.3) is 0 Å². The summed E-state index contributed by atoms with van der Waals surface area (Å²) in [5.74, 6) is -4.17. The van der Waals surface area contributed by atoms with Gasteiger partial charge in [-0.15, -0.1) is 0 Å². The monoisotopic (exact) mass is 369 g/mol. The molecule has 1 heterocycles. The summed E-state index contributed by atoms with van der Waals surface area (Å²) in [6.45, 7) is 0. The number of hydrogen-bond donors (Lipinski definition) is 0. The van der Waals surface area contributed by atoms with Crippen LogP contribution in [0.2, 0.25) is 0 Å². The summed E-state index contributed by atoms with van der Waals surface area (Å²) >= 11 is 0. The molecule has 0 aliphatic carbocycles. The molecular formula is C16H10F3NO4S. The van der Waals surface area contributed by atoms with Crippen molar-refractivity contribution in [3.63, 3.8) is 0 Å². The first-order valence-electron chi connectivity index (χ1n) is 6.84. The van der Waals surface area contributed by atoms with E-state index in [2.05, 4.69) is 0 Å². The number of halogens is 3. The second-order valence-corrected chi connectivity index (χ2v) is 7.22. The lowest BCUT2D eigenvalue weighted by Gasteiger charge is -2.08. The third-order valence-electron chi connectivity index (χ3n) is 3.48. The Morgan fingerprint density at radius 3 is 2.28 bits per heavy atom. The lowest BCUT2D eigenvalue weighted by molar-refractivity contribution is 0.498. The first kappa shape index (κ1) is 17.0. The van der Waals surface area contributed by atoms with Crippen LogP contribution in [0.1, 0.15) is 0 Å². The molecule has 5 nitrogen and oxygen atoms in total. The molecule has 0 N–H and O–H groups in total. The van der Waals surface area contributed by atoms with Crippen LogP contribution in [0.25, 0.3) is 16.9 Å². The Bertz CT molecular complexity index is 1130. The Labute approximate surface area is 139 Å². The van der Waals surface area contributed by atoms with Gasteiger partial charge in [0.1, 0.15) is 17.0 Å². The van der Waals surface area contributed by atoms with E-state index < -0.39 is 37.9 Å². The zero-order valence-electron chi connectivity index (χ0n) is 12.7. The number of hydrogen-bond acceptors (Lipinski definition) is 4. The van der Waals surface area contributed by atoms with E-state index in [4.69, 9.17) is 4.42 Å². The lowest BCUT2D eigenvalue weighted by Crippen LogP contribution is -2.13. The molecule has 0 saturated carbocycles. The van der Waals surface area contributed by atoms with E-state index in [-0.39, 0.29) is 16.9 Å². The van der Waals surface area contributed by atoms with Crippen LogP contribution in [0.3, 0.4) is 0 Å². The highest BCUT2D eigenvalue weighted by atomic mass is 32.2. The minimum Gasteiger partial charge on any atom is -0.415 e. The molecule has 0 aliphatic heterocycles. The molecule has 2 aromatic carbocycles. The second kappa shape index (κ2) is 5.92. The smallest absolute Gasteiger partial charge is 0.415 e. The third-order valence-corrected chi connectivity index (χ3v) is 4.61. The van der Waals surface area contributed by atoms with Crippen molar-refractivity contribution in [1.29, 1.82) is 0 Å². The summed E-state index contributed by atoms with van der Waals surface area (Å²) in [5, 5.41) is 0. The fourth-order valence-corrected chi connectivity index (χ4v) is 3.07. The molecular weight excluding hydrogens is 359 g/mol. The van der Waals surface area contributed by atoms with Crippen LogP contribution < -0.4 is 5.76 Å². The molecule has 0 spiro atoms. The summed E-state index contributed by atoms with van der Waals surface area (Å²) in [5.41, 5.74) is 0.149. The molecule has 0 saturated heterocycles. The first-order valence-corrected chi connectivity index (χ1v) is 8.73. The van der Waals surface area contributed by atoms with Crippen molar-refractivity contribution in [3.05, 3.63) is 70.7 Å². The maximum Gasteiger partial charge on any atom is 0.424 e. The Morgan fingerprint density at radius 2 is 1.68 bits per heavy atom. The first-order chi connectivity index (χ1) is 11.7. The average molecular weight is 369 g/mol. The van der Waals surface area contributed by atoms with Crippen LogP contribution in [0.4, 0.5) is 13.2 Å². The minimum atomic E-state index is -3.76. The average Bonchev–Trinajstić information content (AvgIpc) is 2.90. The van der Waals surface area contributed by atoms with Crippen molar-refractivity contribution in [2.45, 2.75) is 4.90 Å². The fourth-order valence-electron chi connectivity index (χ4n) is 2.34. The Balaban J connectivity index is 2.19. The van der Waals surface area contributed by atoms with Gasteiger partial charge in [0.2, 0.25) is 0 Å². The van der Waals surface area contributed by atoms with Gasteiger partial charge in [-0.3, -0.25) is 0 Å². The summed E-state index contributed by atoms with van der Waals surface area (Å²) < 4.78 is 69.2. The molecule has 0 aliphatic rings. The van der Waals surface area contributed by atoms with Crippen molar-refractivity contribution in [2.24, 2.45) is 0 Å². The van der Waals surface area contributed by atoms with Gasteiger partial charge >= 0.3 is 5.76 Å². The van der Waals surface area contributed by atoms with Gasteiger partial charge in [-0.2, -0.15) is 0 Å². The quantitative estimate of drug-likeness (QED) is 0.712. The van der Waals surface area contributed by atoms with E-state index in [9.17, 15) is 26.4 Å². The van der Waals surface area contributed by atoms with E-state index in [0.29, 0.717) is 0 Å². The van der Waals surface area contributed by atoms with Gasteiger partial charge < -0.3 is 4.42 Å². The maximum atomic E-state index is 14.1. The topological polar surface area (TPSA) is 69.3 Å². The standard InChI is InChI=1S/C16H10F3NO4S/c1-25(22,23)15-5-2-9(6-13(15)19)14-8-24-16(21)20(14)10-3-4-11(17)12(18)7-10/h2-8H,1H3. The van der Waals surface area contributed by atoms with Crippen LogP contribution in [-0.2, 0) is 9.84 Å². The van der Waals surface area contributed by atoms with E-state index in [1.807, 2.05) is 0 Å². The van der Waals surface area contributed by atoms with Crippen LogP contribution in [0, 0.1) is 17.5 Å². The van der Waals surface area contributed by atoms with Crippen LogP contribution in [0.15, 0.2) is 56.8 Å². The molecule has 0 unspecified atom stereocenters. The van der Waals surface area contributed by atoms with Gasteiger partial charge in [-0.25, -0.2) is 31.0 Å². The largest absolute Gasteiger partial charge is 0.424 e. The lowest BCUT2D eigenvalue weighted by atomic mass is 10.1. The molecule has 3 rings (SSSR count). The normalized spacial score (nSPS) is 11.7. The summed E-state index contributed by atoms with van der Waals surface area (Å²) in [6.07, 6.45) is 1.87. The Hall–Kier alpha value is -2.81. The van der Waals surface area contributed by atoms with Gasteiger partial charge in [0.05, 0.1) is 11.4 Å². The highest BCUT2D eigenvalue weighted by Gasteiger charge is 2.18. The third kappa shape index (κ3) is 3.10. The highest BCUT2D eigenvalue weighted by molar-refractivity contribution is 7.90. The van der Waals surface area contributed by atoms with Crippen LogP contribution in [-0.4, -0.2) is 19.2 Å². The van der Waals surface area contributed by atoms with Gasteiger partial charge in [-0.1, -0.05) is 6.07 Å². The number of nitrogens with zero attached hydrogens (tertiary/aromatic N) is 1. The van der Waals surface area contributed by atoms with Crippen molar-refractivity contribution >= 4 is 9.84 Å². The van der Waals surface area contributed by atoms with Gasteiger partial charge in [0, 0.05) is 17.9 Å². The molecule has 0 bridgehead atoms. The van der Waals surface area contributed by atoms with Crippen LogP contribution >= 0.6 is 0 Å². The van der Waals surface area contributed by atoms with Gasteiger partial charge in [-0.05, 0) is 24.3 Å². The predicted molar refractivity (Wildman–Crippen MR) is 82.7 cm³/mol. The number of aromatic nitrogens is 1. The Morgan fingerprint density at radius 1 is 0.960 bits per heavy atom. The number of benzene rings is 2. The van der Waals surface area contributed by atoms with E-state index in [1.165, 1.54) is 6.07 Å². The maximum absolute atomic E-state index is 14.1. The molecule has 0 radical (unpaired) electrons. The fraction of sp³-hybridized carbons (Fsp3) is 0.0625. The van der Waals surface area contributed by atoms with Crippen molar-refractivity contribution < 1.29 is 26.0 Å². The Kier molecular flexibility index (Phi) is 4.03. The summed E-state index contributed by atoms with van der Waals surface area (Å²) in [6, 6.07) is 6.02. The van der Waals surface area contributed by atoms with Crippen LogP contribution in [0.5, 0.6) is 0 Å². The molecule has 130 valence electrons. The van der Waals surface area contributed by atoms with Crippen molar-refractivity contribution in [3.8, 4) is 16.9 Å². The minimum absolute atomic E-state index is 0.0275. The SMILES string of the molecule is CS(=O)(=O)c1ccc(-c2coc(=O)n2-c2ccc(F)c(F)c2)cc1F. The highest BCUT2D eigenvalue weighted by Crippen LogP contribution is 2.26. The van der Waals surface area contributed by atoms with Gasteiger partial charge in [0.15, 0.2) is 21.5 Å².